The number of carbonyl (C=O) groups excluding carboxylic acids is 2. The normalized spacial score (nSPS) is 31.1. The predicted molar refractivity (Wildman–Crippen MR) is 194 cm³/mol. The topological polar surface area (TPSA) is 97.0 Å². The van der Waals surface area contributed by atoms with Gasteiger partial charge in [-0.05, 0) is 104 Å². The molecule has 0 aromatic heterocycles. The first-order chi connectivity index (χ1) is 23.1. The maximum atomic E-state index is 14.8. The molecule has 2 N–H and O–H groups in total. The zero-order chi connectivity index (χ0) is 34.1. The average molecular weight is 698 g/mol. The minimum Gasteiger partial charge on any atom is -0.490 e. The number of ether oxygens (including phenoxy) is 2. The molecular formula is C38H52ClN3O5S. The molecule has 2 aliphatic heterocycles. The van der Waals surface area contributed by atoms with Crippen LogP contribution >= 0.6 is 11.6 Å². The highest BCUT2D eigenvalue weighted by atomic mass is 35.5. The zero-order valence-electron chi connectivity index (χ0n) is 28.8. The van der Waals surface area contributed by atoms with Gasteiger partial charge in [0.05, 0.1) is 18.4 Å². The fourth-order valence-electron chi connectivity index (χ4n) is 8.57. The Labute approximate surface area is 292 Å². The summed E-state index contributed by atoms with van der Waals surface area (Å²) in [4.78, 5) is 29.3. The number of hydrogen-bond donors (Lipinski definition) is 3. The Morgan fingerprint density at radius 3 is 2.77 bits per heavy atom. The SMILES string of the molecule is CCC[C@@H]1[C@@H](C)C/C=C/[C@H](OC)[C@@H]2CC[C@H]2CN2C[C@@]3(CCCc4cc(Cl)ccc43)COc3ccc(cc32)C(=O)N[SH]1(=O)NC(=O)CC. The molecule has 0 saturated heterocycles. The number of thiol groups is 1. The van der Waals surface area contributed by atoms with E-state index in [1.807, 2.05) is 25.1 Å². The summed E-state index contributed by atoms with van der Waals surface area (Å²) in [5.41, 5.74) is 3.61. The maximum absolute atomic E-state index is 14.8. The Kier molecular flexibility index (Phi) is 10.6. The summed E-state index contributed by atoms with van der Waals surface area (Å²) >= 11 is 6.46. The number of amides is 2. The van der Waals surface area contributed by atoms with E-state index in [1.165, 1.54) is 11.1 Å². The Morgan fingerprint density at radius 1 is 1.21 bits per heavy atom. The lowest BCUT2D eigenvalue weighted by molar-refractivity contribution is -0.119. The first-order valence-corrected chi connectivity index (χ1v) is 20.0. The van der Waals surface area contributed by atoms with Gasteiger partial charge in [0.1, 0.15) is 5.75 Å². The Hall–Kier alpha value is -2.88. The van der Waals surface area contributed by atoms with Gasteiger partial charge in [-0.2, -0.15) is 0 Å². The summed E-state index contributed by atoms with van der Waals surface area (Å²) in [6.07, 6.45) is 11.8. The molecule has 6 atom stereocenters. The monoisotopic (exact) mass is 697 g/mol. The number of halogens is 1. The van der Waals surface area contributed by atoms with E-state index < -0.39 is 21.5 Å². The van der Waals surface area contributed by atoms with E-state index in [-0.39, 0.29) is 29.8 Å². The van der Waals surface area contributed by atoms with Crippen LogP contribution in [-0.4, -0.2) is 54.2 Å². The molecule has 1 spiro atoms. The molecule has 6 rings (SSSR count). The van der Waals surface area contributed by atoms with Crippen LogP contribution in [0.1, 0.15) is 93.6 Å². The number of allylic oxidation sites excluding steroid dienone is 1. The predicted octanol–water partition coefficient (Wildman–Crippen LogP) is 6.72. The minimum absolute atomic E-state index is 0.0275. The molecule has 1 saturated carbocycles. The highest BCUT2D eigenvalue weighted by Gasteiger charge is 2.44. The molecule has 0 unspecified atom stereocenters. The molecular weight excluding hydrogens is 646 g/mol. The zero-order valence-corrected chi connectivity index (χ0v) is 30.5. The smallest absolute Gasteiger partial charge is 0.262 e. The van der Waals surface area contributed by atoms with Crippen LogP contribution in [0.2, 0.25) is 5.02 Å². The Bertz CT molecular complexity index is 1600. The van der Waals surface area contributed by atoms with E-state index in [0.29, 0.717) is 36.8 Å². The van der Waals surface area contributed by atoms with Gasteiger partial charge < -0.3 is 14.4 Å². The lowest BCUT2D eigenvalue weighted by Gasteiger charge is -2.46. The largest absolute Gasteiger partial charge is 0.490 e. The van der Waals surface area contributed by atoms with Gasteiger partial charge in [-0.15, -0.1) is 0 Å². The maximum Gasteiger partial charge on any atom is 0.262 e. The van der Waals surface area contributed by atoms with E-state index in [9.17, 15) is 13.8 Å². The van der Waals surface area contributed by atoms with Crippen LogP contribution < -0.4 is 19.1 Å². The second-order valence-corrected chi connectivity index (χ2v) is 17.3. The Balaban J connectivity index is 1.44. The molecule has 4 aliphatic rings. The van der Waals surface area contributed by atoms with Crippen LogP contribution in [0.25, 0.3) is 0 Å². The second kappa shape index (κ2) is 14.5. The number of rotatable bonds is 5. The highest BCUT2D eigenvalue weighted by molar-refractivity contribution is 8.01. The molecule has 48 heavy (non-hydrogen) atoms. The first-order valence-electron chi connectivity index (χ1n) is 17.8. The fraction of sp³-hybridized carbons (Fsp3) is 0.579. The molecule has 2 amide bonds. The van der Waals surface area contributed by atoms with Crippen LogP contribution in [0.4, 0.5) is 5.69 Å². The van der Waals surface area contributed by atoms with Gasteiger partial charge in [-0.1, -0.05) is 57.0 Å². The van der Waals surface area contributed by atoms with Crippen LogP contribution in [-0.2, 0) is 31.7 Å². The number of anilines is 1. The Morgan fingerprint density at radius 2 is 2.04 bits per heavy atom. The molecule has 2 heterocycles. The number of methoxy groups -OCH3 is 1. The van der Waals surface area contributed by atoms with Gasteiger partial charge in [0.15, 0.2) is 0 Å². The number of aryl methyl sites for hydroxylation is 1. The van der Waals surface area contributed by atoms with E-state index in [4.69, 9.17) is 21.1 Å². The van der Waals surface area contributed by atoms with Gasteiger partial charge in [0.2, 0.25) is 5.91 Å². The van der Waals surface area contributed by atoms with Gasteiger partial charge in [-0.3, -0.25) is 19.0 Å². The third kappa shape index (κ3) is 6.92. The number of fused-ring (bicyclic) bond motifs is 4. The summed E-state index contributed by atoms with van der Waals surface area (Å²) in [6, 6.07) is 11.8. The van der Waals surface area contributed by atoms with Crippen molar-refractivity contribution >= 4 is 39.4 Å². The first kappa shape index (κ1) is 35.0. The molecule has 10 heteroatoms. The lowest BCUT2D eigenvalue weighted by Crippen LogP contribution is -2.56. The van der Waals surface area contributed by atoms with Crippen molar-refractivity contribution in [3.8, 4) is 5.75 Å². The lowest BCUT2D eigenvalue weighted by atomic mass is 9.68. The molecule has 0 radical (unpaired) electrons. The summed E-state index contributed by atoms with van der Waals surface area (Å²) < 4.78 is 33.3. The molecule has 8 nitrogen and oxygen atoms in total. The molecule has 262 valence electrons. The van der Waals surface area contributed by atoms with Crippen molar-refractivity contribution in [3.63, 3.8) is 0 Å². The van der Waals surface area contributed by atoms with Crippen LogP contribution in [0, 0.1) is 17.8 Å². The van der Waals surface area contributed by atoms with Crippen molar-refractivity contribution in [2.75, 3.05) is 31.7 Å². The van der Waals surface area contributed by atoms with Crippen molar-refractivity contribution < 1.29 is 23.3 Å². The summed E-state index contributed by atoms with van der Waals surface area (Å²) in [5, 5.41) is 0.334. The van der Waals surface area contributed by atoms with E-state index in [1.54, 1.807) is 20.1 Å². The van der Waals surface area contributed by atoms with Crippen molar-refractivity contribution in [2.24, 2.45) is 17.8 Å². The summed E-state index contributed by atoms with van der Waals surface area (Å²) in [6.45, 7) is 7.92. The third-order valence-corrected chi connectivity index (χ3v) is 14.4. The van der Waals surface area contributed by atoms with Crippen LogP contribution in [0.5, 0.6) is 5.75 Å². The standard InChI is InChI=1S/C38H52ClN3O5S/c1-5-9-35-25(3)10-7-12-33(46-4)30-16-13-28(30)22-42-23-38(19-8-11-26-20-29(39)15-17-31(26)38)24-47-34-18-14-27(21-32(34)42)37(44)41-48(35,45)40-36(43)6-2/h7,12,14-15,17-18,20-21,25,28,30,33,35,48H,5-6,8-11,13,16,19,22-24H2,1-4H3,(H2,40,41,43,44,45)/b12-7+/t25-,28-,30+,33-,35+,38-/m0/s1. The van der Waals surface area contributed by atoms with Gasteiger partial charge >= 0.3 is 0 Å². The van der Waals surface area contributed by atoms with Crippen molar-refractivity contribution in [1.82, 2.24) is 9.44 Å². The molecule has 1 fully saturated rings. The van der Waals surface area contributed by atoms with Crippen LogP contribution in [0.15, 0.2) is 48.6 Å². The minimum atomic E-state index is -3.71. The van der Waals surface area contributed by atoms with E-state index >= 15 is 0 Å². The molecule has 2 bridgehead atoms. The van der Waals surface area contributed by atoms with Gasteiger partial charge in [-0.25, -0.2) is 4.21 Å². The number of nitrogens with zero attached hydrogens (tertiary/aromatic N) is 1. The molecule has 2 aromatic rings. The van der Waals surface area contributed by atoms with Crippen molar-refractivity contribution in [1.29, 1.82) is 0 Å². The average Bonchev–Trinajstić information content (AvgIpc) is 3.20. The van der Waals surface area contributed by atoms with E-state index in [0.717, 1.165) is 68.1 Å². The number of hydrogen-bond acceptors (Lipinski definition) is 6. The van der Waals surface area contributed by atoms with Crippen molar-refractivity contribution in [3.05, 3.63) is 70.3 Å². The number of benzene rings is 2. The third-order valence-electron chi connectivity index (χ3n) is 11.3. The summed E-state index contributed by atoms with van der Waals surface area (Å²) in [5.74, 6) is 0.677. The number of nitrogens with one attached hydrogen (secondary N) is 2. The van der Waals surface area contributed by atoms with Crippen LogP contribution in [0.3, 0.4) is 0 Å². The van der Waals surface area contributed by atoms with Crippen molar-refractivity contribution in [2.45, 2.75) is 95.3 Å². The van der Waals surface area contributed by atoms with E-state index in [2.05, 4.69) is 45.6 Å². The van der Waals surface area contributed by atoms with Gasteiger partial charge in [0, 0.05) is 58.2 Å². The number of carbonyl (C=O) groups is 2. The summed E-state index contributed by atoms with van der Waals surface area (Å²) in [7, 11) is -1.92. The quantitative estimate of drug-likeness (QED) is 0.237. The second-order valence-electron chi connectivity index (χ2n) is 14.5. The van der Waals surface area contributed by atoms with Gasteiger partial charge in [0.25, 0.3) is 5.91 Å². The highest BCUT2D eigenvalue weighted by Crippen LogP contribution is 2.47. The molecule has 2 aromatic carbocycles. The fourth-order valence-corrected chi connectivity index (χ4v) is 11.6. The molecule has 2 aliphatic carbocycles.